The highest BCUT2D eigenvalue weighted by atomic mass is 35.5. The van der Waals surface area contributed by atoms with Crippen LogP contribution < -0.4 is 5.32 Å². The third kappa shape index (κ3) is 3.14. The van der Waals surface area contributed by atoms with Gasteiger partial charge < -0.3 is 5.32 Å². The zero-order valence-electron chi connectivity index (χ0n) is 11.1. The van der Waals surface area contributed by atoms with Crippen molar-refractivity contribution in [3.8, 4) is 0 Å². The fourth-order valence-electron chi connectivity index (χ4n) is 1.91. The standard InChI is InChI=1S/C14H17ClFN3/c1-3-17-7-12-8-18-19(10(12)2)9-11-5-4-6-13(16)14(11)15/h4-6,8,17H,3,7,9H2,1-2H3. The maximum absolute atomic E-state index is 13.4. The second-order valence-corrected chi connectivity index (χ2v) is 4.78. The fraction of sp³-hybridized carbons (Fsp3) is 0.357. The van der Waals surface area contributed by atoms with E-state index in [9.17, 15) is 4.39 Å². The molecule has 0 aliphatic carbocycles. The minimum atomic E-state index is -0.392. The van der Waals surface area contributed by atoms with Gasteiger partial charge >= 0.3 is 0 Å². The Kier molecular flexibility index (Phi) is 4.56. The first-order valence-corrected chi connectivity index (χ1v) is 6.66. The molecule has 0 atom stereocenters. The van der Waals surface area contributed by atoms with Gasteiger partial charge in [-0.3, -0.25) is 4.68 Å². The lowest BCUT2D eigenvalue weighted by atomic mass is 10.2. The zero-order chi connectivity index (χ0) is 13.8. The average molecular weight is 282 g/mol. The van der Waals surface area contributed by atoms with Gasteiger partial charge in [0, 0.05) is 17.8 Å². The van der Waals surface area contributed by atoms with Crippen LogP contribution in [0.5, 0.6) is 0 Å². The van der Waals surface area contributed by atoms with E-state index >= 15 is 0 Å². The maximum atomic E-state index is 13.4. The SMILES string of the molecule is CCNCc1cnn(Cc2cccc(F)c2Cl)c1C. The first-order valence-electron chi connectivity index (χ1n) is 6.28. The monoisotopic (exact) mass is 281 g/mol. The molecule has 0 aliphatic rings. The van der Waals surface area contributed by atoms with Gasteiger partial charge in [0.15, 0.2) is 0 Å². The van der Waals surface area contributed by atoms with E-state index in [0.29, 0.717) is 6.54 Å². The van der Waals surface area contributed by atoms with Crippen LogP contribution in [0, 0.1) is 12.7 Å². The van der Waals surface area contributed by atoms with E-state index in [0.717, 1.165) is 29.9 Å². The molecule has 3 nitrogen and oxygen atoms in total. The van der Waals surface area contributed by atoms with Crippen molar-refractivity contribution < 1.29 is 4.39 Å². The van der Waals surface area contributed by atoms with Gasteiger partial charge in [-0.05, 0) is 25.1 Å². The second-order valence-electron chi connectivity index (χ2n) is 4.41. The lowest BCUT2D eigenvalue weighted by molar-refractivity contribution is 0.616. The molecular weight excluding hydrogens is 265 g/mol. The van der Waals surface area contributed by atoms with Crippen molar-refractivity contribution in [2.24, 2.45) is 0 Å². The molecule has 1 aromatic carbocycles. The highest BCUT2D eigenvalue weighted by Gasteiger charge is 2.10. The summed E-state index contributed by atoms with van der Waals surface area (Å²) in [6.07, 6.45) is 1.84. The Hall–Kier alpha value is -1.39. The van der Waals surface area contributed by atoms with Crippen LogP contribution in [0.3, 0.4) is 0 Å². The van der Waals surface area contributed by atoms with Crippen molar-refractivity contribution in [2.75, 3.05) is 6.54 Å². The Labute approximate surface area is 117 Å². The van der Waals surface area contributed by atoms with Gasteiger partial charge in [0.1, 0.15) is 5.82 Å². The van der Waals surface area contributed by atoms with Gasteiger partial charge in [0.25, 0.3) is 0 Å². The molecule has 0 unspecified atom stereocenters. The largest absolute Gasteiger partial charge is 0.313 e. The Bertz CT molecular complexity index is 566. The van der Waals surface area contributed by atoms with Crippen LogP contribution in [-0.2, 0) is 13.1 Å². The smallest absolute Gasteiger partial charge is 0.142 e. The summed E-state index contributed by atoms with van der Waals surface area (Å²) in [6.45, 7) is 6.26. The number of rotatable bonds is 5. The maximum Gasteiger partial charge on any atom is 0.142 e. The topological polar surface area (TPSA) is 29.9 Å². The molecule has 102 valence electrons. The molecule has 1 N–H and O–H groups in total. The minimum Gasteiger partial charge on any atom is -0.313 e. The molecule has 0 bridgehead atoms. The Balaban J connectivity index is 2.19. The van der Waals surface area contributed by atoms with Crippen LogP contribution >= 0.6 is 11.6 Å². The van der Waals surface area contributed by atoms with Crippen LogP contribution in [-0.4, -0.2) is 16.3 Å². The molecule has 0 fully saturated rings. The van der Waals surface area contributed by atoms with E-state index in [1.165, 1.54) is 6.07 Å². The van der Waals surface area contributed by atoms with Crippen LogP contribution in [0.2, 0.25) is 5.02 Å². The Morgan fingerprint density at radius 1 is 1.37 bits per heavy atom. The highest BCUT2D eigenvalue weighted by molar-refractivity contribution is 6.31. The minimum absolute atomic E-state index is 0.172. The fourth-order valence-corrected chi connectivity index (χ4v) is 2.10. The summed E-state index contributed by atoms with van der Waals surface area (Å²) < 4.78 is 15.2. The molecule has 1 heterocycles. The van der Waals surface area contributed by atoms with Crippen molar-refractivity contribution in [3.05, 3.63) is 52.1 Å². The second kappa shape index (κ2) is 6.17. The van der Waals surface area contributed by atoms with Crippen LogP contribution in [0.25, 0.3) is 0 Å². The van der Waals surface area contributed by atoms with Crippen molar-refractivity contribution in [1.82, 2.24) is 15.1 Å². The summed E-state index contributed by atoms with van der Waals surface area (Å²) in [5, 5.41) is 7.77. The number of nitrogens with zero attached hydrogens (tertiary/aromatic N) is 2. The lowest BCUT2D eigenvalue weighted by Gasteiger charge is -2.08. The van der Waals surface area contributed by atoms with E-state index in [1.807, 2.05) is 23.9 Å². The molecule has 0 amide bonds. The summed E-state index contributed by atoms with van der Waals surface area (Å²) >= 11 is 5.96. The number of hydrogen-bond donors (Lipinski definition) is 1. The number of benzene rings is 1. The zero-order valence-corrected chi connectivity index (χ0v) is 11.8. The summed E-state index contributed by atoms with van der Waals surface area (Å²) in [5.41, 5.74) is 2.96. The van der Waals surface area contributed by atoms with Gasteiger partial charge in [-0.15, -0.1) is 0 Å². The quantitative estimate of drug-likeness (QED) is 0.912. The molecule has 2 aromatic rings. The third-order valence-electron chi connectivity index (χ3n) is 3.12. The molecule has 5 heteroatoms. The Morgan fingerprint density at radius 2 is 2.16 bits per heavy atom. The number of hydrogen-bond acceptors (Lipinski definition) is 2. The van der Waals surface area contributed by atoms with E-state index in [4.69, 9.17) is 11.6 Å². The molecular formula is C14H17ClFN3. The van der Waals surface area contributed by atoms with Gasteiger partial charge in [-0.1, -0.05) is 30.7 Å². The first kappa shape index (κ1) is 14.0. The number of nitrogens with one attached hydrogen (secondary N) is 1. The number of aromatic nitrogens is 2. The summed E-state index contributed by atoms with van der Waals surface area (Å²) in [5.74, 6) is -0.392. The van der Waals surface area contributed by atoms with Gasteiger partial charge in [0.05, 0.1) is 17.8 Å². The lowest BCUT2D eigenvalue weighted by Crippen LogP contribution is -2.12. The van der Waals surface area contributed by atoms with Crippen molar-refractivity contribution in [3.63, 3.8) is 0 Å². The summed E-state index contributed by atoms with van der Waals surface area (Å²) in [7, 11) is 0. The molecule has 0 radical (unpaired) electrons. The van der Waals surface area contributed by atoms with Gasteiger partial charge in [0.2, 0.25) is 0 Å². The first-order chi connectivity index (χ1) is 9.13. The van der Waals surface area contributed by atoms with E-state index in [-0.39, 0.29) is 5.02 Å². The average Bonchev–Trinajstić information content (AvgIpc) is 2.74. The van der Waals surface area contributed by atoms with Gasteiger partial charge in [-0.25, -0.2) is 4.39 Å². The van der Waals surface area contributed by atoms with Crippen molar-refractivity contribution >= 4 is 11.6 Å². The molecule has 1 aromatic heterocycles. The van der Waals surface area contributed by atoms with E-state index in [2.05, 4.69) is 17.3 Å². The van der Waals surface area contributed by atoms with Gasteiger partial charge in [-0.2, -0.15) is 5.10 Å². The Morgan fingerprint density at radius 3 is 2.89 bits per heavy atom. The third-order valence-corrected chi connectivity index (χ3v) is 3.55. The van der Waals surface area contributed by atoms with E-state index < -0.39 is 5.82 Å². The normalized spacial score (nSPS) is 10.9. The van der Waals surface area contributed by atoms with E-state index in [1.54, 1.807) is 6.07 Å². The summed E-state index contributed by atoms with van der Waals surface area (Å²) in [6, 6.07) is 4.84. The predicted octanol–water partition coefficient (Wildman–Crippen LogP) is 3.14. The number of halogens is 2. The highest BCUT2D eigenvalue weighted by Crippen LogP contribution is 2.21. The van der Waals surface area contributed by atoms with Crippen LogP contribution in [0.15, 0.2) is 24.4 Å². The molecule has 0 aliphatic heterocycles. The molecule has 19 heavy (non-hydrogen) atoms. The van der Waals surface area contributed by atoms with Crippen molar-refractivity contribution in [2.45, 2.75) is 26.9 Å². The molecule has 0 saturated heterocycles. The molecule has 0 spiro atoms. The van der Waals surface area contributed by atoms with Crippen molar-refractivity contribution in [1.29, 1.82) is 0 Å². The summed E-state index contributed by atoms with van der Waals surface area (Å²) in [4.78, 5) is 0. The predicted molar refractivity (Wildman–Crippen MR) is 74.9 cm³/mol. The van der Waals surface area contributed by atoms with Crippen LogP contribution in [0.4, 0.5) is 4.39 Å². The molecule has 2 rings (SSSR count). The van der Waals surface area contributed by atoms with Crippen LogP contribution in [0.1, 0.15) is 23.7 Å². The molecule has 0 saturated carbocycles.